The summed E-state index contributed by atoms with van der Waals surface area (Å²) in [6.07, 6.45) is 2.60. The Kier molecular flexibility index (Phi) is 4.95. The van der Waals surface area contributed by atoms with E-state index in [1.165, 1.54) is 5.56 Å². The molecule has 1 N–H and O–H groups in total. The Labute approximate surface area is 156 Å². The Balaban J connectivity index is 1.99. The molecule has 4 nitrogen and oxygen atoms in total. The number of fused-ring (bicyclic) bond motifs is 1. The molecule has 0 atom stereocenters. The van der Waals surface area contributed by atoms with Gasteiger partial charge in [0, 0.05) is 16.4 Å². The fourth-order valence-electron chi connectivity index (χ4n) is 2.94. The van der Waals surface area contributed by atoms with Gasteiger partial charge in [-0.2, -0.15) is 0 Å². The number of benzene rings is 1. The van der Waals surface area contributed by atoms with Crippen LogP contribution in [-0.4, -0.2) is 15.3 Å². The average molecular weight is 400 g/mol. The number of halogens is 1. The van der Waals surface area contributed by atoms with Crippen molar-refractivity contribution in [2.75, 3.05) is 5.32 Å². The van der Waals surface area contributed by atoms with E-state index in [-0.39, 0.29) is 5.91 Å². The van der Waals surface area contributed by atoms with E-state index in [0.717, 1.165) is 27.1 Å². The fourth-order valence-corrected chi connectivity index (χ4v) is 3.49. The predicted octanol–water partition coefficient (Wildman–Crippen LogP) is 5.34. The van der Waals surface area contributed by atoms with Gasteiger partial charge in [0.15, 0.2) is 0 Å². The van der Waals surface area contributed by atoms with Crippen molar-refractivity contribution in [1.29, 1.82) is 0 Å². The number of hydrogen-bond acceptors (Lipinski definition) is 2. The number of nitrogens with zero attached hydrogens (tertiary/aromatic N) is 2. The third-order valence-corrected chi connectivity index (χ3v) is 4.76. The summed E-state index contributed by atoms with van der Waals surface area (Å²) in [6, 6.07) is 10.0. The highest BCUT2D eigenvalue weighted by Gasteiger charge is 2.19. The number of nitrogens with one attached hydrogen (secondary N) is 1. The molecule has 0 unspecified atom stereocenters. The van der Waals surface area contributed by atoms with E-state index in [1.54, 1.807) is 0 Å². The summed E-state index contributed by atoms with van der Waals surface area (Å²) < 4.78 is 2.80. The standard InChI is InChI=1S/C20H22BrN3O/c1-5-17-18(24-11-15(21)10-13(4)19(24)23-17)20(25)22-16-8-6-14(7-9-16)12(2)3/h6-12H,5H2,1-4H3,(H,22,25). The molecule has 0 aliphatic carbocycles. The van der Waals surface area contributed by atoms with E-state index in [0.29, 0.717) is 18.0 Å². The molecule has 0 saturated carbocycles. The normalized spacial score (nSPS) is 11.3. The molecule has 0 saturated heterocycles. The number of carbonyl (C=O) groups is 1. The topological polar surface area (TPSA) is 46.4 Å². The summed E-state index contributed by atoms with van der Waals surface area (Å²) in [7, 11) is 0. The number of carbonyl (C=O) groups excluding carboxylic acids is 1. The molecule has 25 heavy (non-hydrogen) atoms. The minimum absolute atomic E-state index is 0.140. The number of imidazole rings is 1. The van der Waals surface area contributed by atoms with Crippen molar-refractivity contribution in [2.24, 2.45) is 0 Å². The first-order valence-electron chi connectivity index (χ1n) is 8.49. The molecule has 0 radical (unpaired) electrons. The van der Waals surface area contributed by atoms with E-state index in [9.17, 15) is 4.79 Å². The maximum Gasteiger partial charge on any atom is 0.274 e. The lowest BCUT2D eigenvalue weighted by atomic mass is 10.0. The Hall–Kier alpha value is -2.14. The Bertz CT molecular complexity index is 926. The Morgan fingerprint density at radius 2 is 1.96 bits per heavy atom. The molecule has 3 aromatic rings. The van der Waals surface area contributed by atoms with Gasteiger partial charge in [-0.1, -0.05) is 32.9 Å². The number of hydrogen-bond donors (Lipinski definition) is 1. The molecule has 2 aromatic heterocycles. The number of rotatable bonds is 4. The predicted molar refractivity (Wildman–Crippen MR) is 105 cm³/mol. The summed E-state index contributed by atoms with van der Waals surface area (Å²) in [5, 5.41) is 3.00. The smallest absolute Gasteiger partial charge is 0.274 e. The summed E-state index contributed by atoms with van der Waals surface area (Å²) in [4.78, 5) is 17.6. The molecule has 1 aromatic carbocycles. The highest BCUT2D eigenvalue weighted by molar-refractivity contribution is 9.10. The van der Waals surface area contributed by atoms with Crippen LogP contribution in [0.25, 0.3) is 5.65 Å². The molecular formula is C20H22BrN3O. The van der Waals surface area contributed by atoms with Gasteiger partial charge in [0.25, 0.3) is 5.91 Å². The van der Waals surface area contributed by atoms with E-state index < -0.39 is 0 Å². The number of amides is 1. The number of aryl methyl sites for hydroxylation is 2. The van der Waals surface area contributed by atoms with Crippen molar-refractivity contribution in [3.63, 3.8) is 0 Å². The molecule has 0 bridgehead atoms. The number of anilines is 1. The highest BCUT2D eigenvalue weighted by atomic mass is 79.9. The van der Waals surface area contributed by atoms with Crippen LogP contribution in [0.4, 0.5) is 5.69 Å². The lowest BCUT2D eigenvalue weighted by Gasteiger charge is -2.09. The summed E-state index contributed by atoms with van der Waals surface area (Å²) >= 11 is 3.51. The second kappa shape index (κ2) is 7.00. The highest BCUT2D eigenvalue weighted by Crippen LogP contribution is 2.23. The third-order valence-electron chi connectivity index (χ3n) is 4.33. The van der Waals surface area contributed by atoms with E-state index in [1.807, 2.05) is 42.6 Å². The first-order chi connectivity index (χ1) is 11.9. The van der Waals surface area contributed by atoms with Crippen molar-refractivity contribution in [3.8, 4) is 0 Å². The van der Waals surface area contributed by atoms with Crippen molar-refractivity contribution in [3.05, 3.63) is 63.5 Å². The van der Waals surface area contributed by atoms with Crippen molar-refractivity contribution in [2.45, 2.75) is 40.0 Å². The van der Waals surface area contributed by atoms with Gasteiger partial charge in [-0.05, 0) is 64.5 Å². The lowest BCUT2D eigenvalue weighted by molar-refractivity contribution is 0.102. The second-order valence-electron chi connectivity index (χ2n) is 6.53. The zero-order chi connectivity index (χ0) is 18.1. The van der Waals surface area contributed by atoms with Crippen molar-refractivity contribution < 1.29 is 4.79 Å². The first-order valence-corrected chi connectivity index (χ1v) is 9.28. The monoisotopic (exact) mass is 399 g/mol. The minimum atomic E-state index is -0.140. The second-order valence-corrected chi connectivity index (χ2v) is 7.44. The Morgan fingerprint density at radius 1 is 1.28 bits per heavy atom. The molecule has 0 fully saturated rings. The van der Waals surface area contributed by atoms with E-state index >= 15 is 0 Å². The van der Waals surface area contributed by atoms with Gasteiger partial charge in [-0.25, -0.2) is 4.98 Å². The fraction of sp³-hybridized carbons (Fsp3) is 0.300. The molecule has 0 aliphatic rings. The quantitative estimate of drug-likeness (QED) is 0.642. The van der Waals surface area contributed by atoms with Crippen LogP contribution in [0.15, 0.2) is 41.0 Å². The van der Waals surface area contributed by atoms with Crippen LogP contribution in [0, 0.1) is 6.92 Å². The maximum atomic E-state index is 12.9. The van der Waals surface area contributed by atoms with Crippen LogP contribution >= 0.6 is 15.9 Å². The number of pyridine rings is 1. The molecule has 2 heterocycles. The summed E-state index contributed by atoms with van der Waals surface area (Å²) in [6.45, 7) is 8.32. The molecule has 0 aliphatic heterocycles. The third kappa shape index (κ3) is 3.47. The van der Waals surface area contributed by atoms with Crippen molar-refractivity contribution >= 4 is 33.2 Å². The molecule has 0 spiro atoms. The molecule has 1 amide bonds. The van der Waals surface area contributed by atoms with Gasteiger partial charge >= 0.3 is 0 Å². The summed E-state index contributed by atoms with van der Waals surface area (Å²) in [5.74, 6) is 0.328. The van der Waals surface area contributed by atoms with E-state index in [2.05, 4.69) is 52.2 Å². The largest absolute Gasteiger partial charge is 0.321 e. The van der Waals surface area contributed by atoms with Gasteiger partial charge in [0.05, 0.1) is 5.69 Å². The molecule has 5 heteroatoms. The van der Waals surface area contributed by atoms with Gasteiger partial charge in [-0.15, -0.1) is 0 Å². The van der Waals surface area contributed by atoms with Crippen molar-refractivity contribution in [1.82, 2.24) is 9.38 Å². The van der Waals surface area contributed by atoms with Gasteiger partial charge in [0.1, 0.15) is 11.3 Å². The zero-order valence-electron chi connectivity index (χ0n) is 14.9. The van der Waals surface area contributed by atoms with Gasteiger partial charge in [0.2, 0.25) is 0 Å². The van der Waals surface area contributed by atoms with Crippen LogP contribution in [0.3, 0.4) is 0 Å². The zero-order valence-corrected chi connectivity index (χ0v) is 16.5. The van der Waals surface area contributed by atoms with Crippen LogP contribution in [-0.2, 0) is 6.42 Å². The maximum absolute atomic E-state index is 12.9. The number of aromatic nitrogens is 2. The summed E-state index contributed by atoms with van der Waals surface area (Å²) in [5.41, 5.74) is 5.29. The molecule has 130 valence electrons. The van der Waals surface area contributed by atoms with Gasteiger partial charge in [-0.3, -0.25) is 9.20 Å². The SMILES string of the molecule is CCc1nc2c(C)cc(Br)cn2c1C(=O)Nc1ccc(C(C)C)cc1. The lowest BCUT2D eigenvalue weighted by Crippen LogP contribution is -2.16. The van der Waals surface area contributed by atoms with Crippen LogP contribution in [0.5, 0.6) is 0 Å². The average Bonchev–Trinajstić information content (AvgIpc) is 2.94. The van der Waals surface area contributed by atoms with Crippen LogP contribution in [0.1, 0.15) is 54.0 Å². The van der Waals surface area contributed by atoms with E-state index in [4.69, 9.17) is 0 Å². The molecular weight excluding hydrogens is 378 g/mol. The Morgan fingerprint density at radius 3 is 2.56 bits per heavy atom. The van der Waals surface area contributed by atoms with Crippen LogP contribution < -0.4 is 5.32 Å². The first kappa shape index (κ1) is 17.7. The molecule has 3 rings (SSSR count). The van der Waals surface area contributed by atoms with Crippen LogP contribution in [0.2, 0.25) is 0 Å². The minimum Gasteiger partial charge on any atom is -0.321 e. The van der Waals surface area contributed by atoms with Gasteiger partial charge < -0.3 is 5.32 Å².